The van der Waals surface area contributed by atoms with Gasteiger partial charge in [-0.25, -0.2) is 0 Å². The van der Waals surface area contributed by atoms with Gasteiger partial charge in [0, 0.05) is 0 Å². The lowest BCUT2D eigenvalue weighted by Gasteiger charge is -2.05. The Kier molecular flexibility index (Phi) is 4.81. The molecule has 0 aromatic carbocycles. The van der Waals surface area contributed by atoms with Crippen LogP contribution < -0.4 is 0 Å². The number of carbonyl (C=O) groups is 1. The van der Waals surface area contributed by atoms with Crippen molar-refractivity contribution in [3.8, 4) is 0 Å². The van der Waals surface area contributed by atoms with Crippen molar-refractivity contribution >= 4 is 5.97 Å². The Morgan fingerprint density at radius 1 is 1.70 bits per heavy atom. The fraction of sp³-hybridized carbons (Fsp3) is 0.750. The van der Waals surface area contributed by atoms with Gasteiger partial charge in [0.05, 0.1) is 12.8 Å². The lowest BCUT2D eigenvalue weighted by Crippen LogP contribution is -2.14. The Morgan fingerprint density at radius 2 is 2.30 bits per heavy atom. The SMILES string of the molecule is [CH2+]CCOC(=O)C(C)CC. The van der Waals surface area contributed by atoms with Gasteiger partial charge in [-0.2, -0.15) is 0 Å². The van der Waals surface area contributed by atoms with Crippen LogP contribution in [0.3, 0.4) is 0 Å². The monoisotopic (exact) mass is 143 g/mol. The van der Waals surface area contributed by atoms with Crippen LogP contribution in [0.2, 0.25) is 0 Å². The minimum Gasteiger partial charge on any atom is -0.461 e. The molecule has 0 saturated carbocycles. The highest BCUT2D eigenvalue weighted by molar-refractivity contribution is 5.71. The van der Waals surface area contributed by atoms with E-state index in [1.54, 1.807) is 0 Å². The number of rotatable bonds is 4. The molecule has 0 spiro atoms. The van der Waals surface area contributed by atoms with Gasteiger partial charge in [-0.15, -0.1) is 0 Å². The van der Waals surface area contributed by atoms with Crippen LogP contribution in [0.25, 0.3) is 0 Å². The van der Waals surface area contributed by atoms with Crippen LogP contribution in [0.4, 0.5) is 0 Å². The molecule has 0 bridgehead atoms. The van der Waals surface area contributed by atoms with E-state index in [2.05, 4.69) is 6.92 Å². The summed E-state index contributed by atoms with van der Waals surface area (Å²) in [4.78, 5) is 10.9. The summed E-state index contributed by atoms with van der Waals surface area (Å²) in [6.07, 6.45) is 1.50. The highest BCUT2D eigenvalue weighted by Crippen LogP contribution is 2.02. The van der Waals surface area contributed by atoms with Gasteiger partial charge in [0.1, 0.15) is 13.0 Å². The molecule has 0 N–H and O–H groups in total. The predicted molar refractivity (Wildman–Crippen MR) is 40.4 cm³/mol. The van der Waals surface area contributed by atoms with E-state index < -0.39 is 0 Å². The molecule has 58 valence electrons. The summed E-state index contributed by atoms with van der Waals surface area (Å²) in [5.41, 5.74) is 0. The van der Waals surface area contributed by atoms with Crippen LogP contribution in [0.1, 0.15) is 26.7 Å². The first-order chi connectivity index (χ1) is 4.72. The zero-order valence-electron chi connectivity index (χ0n) is 6.72. The van der Waals surface area contributed by atoms with Crippen LogP contribution in [0, 0.1) is 12.8 Å². The van der Waals surface area contributed by atoms with Crippen molar-refractivity contribution in [3.05, 3.63) is 6.92 Å². The first kappa shape index (κ1) is 9.34. The Bertz CT molecular complexity index is 99.4. The smallest absolute Gasteiger partial charge is 0.308 e. The van der Waals surface area contributed by atoms with Crippen LogP contribution in [-0.4, -0.2) is 12.6 Å². The minimum atomic E-state index is -0.105. The van der Waals surface area contributed by atoms with Crippen molar-refractivity contribution in [3.63, 3.8) is 0 Å². The lowest BCUT2D eigenvalue weighted by atomic mass is 10.1. The number of carbonyl (C=O) groups excluding carboxylic acids is 1. The molecule has 0 amide bonds. The second kappa shape index (κ2) is 5.15. The van der Waals surface area contributed by atoms with Gasteiger partial charge in [-0.1, -0.05) is 13.8 Å². The summed E-state index contributed by atoms with van der Waals surface area (Å²) in [7, 11) is 0. The topological polar surface area (TPSA) is 26.3 Å². The molecule has 2 heteroatoms. The quantitative estimate of drug-likeness (QED) is 0.443. The number of esters is 1. The molecule has 0 saturated heterocycles. The first-order valence-corrected chi connectivity index (χ1v) is 3.68. The summed E-state index contributed by atoms with van der Waals surface area (Å²) in [6, 6.07) is 0. The maximum absolute atomic E-state index is 10.9. The third kappa shape index (κ3) is 3.38. The molecule has 0 aromatic rings. The normalized spacial score (nSPS) is 12.6. The molecule has 0 heterocycles. The Labute approximate surface area is 62.6 Å². The molecule has 0 rings (SSSR count). The molecular formula is C8H15O2+. The molecule has 0 aromatic heterocycles. The van der Waals surface area contributed by atoms with Gasteiger partial charge in [0.15, 0.2) is 0 Å². The van der Waals surface area contributed by atoms with Gasteiger partial charge >= 0.3 is 5.97 Å². The molecule has 1 atom stereocenters. The van der Waals surface area contributed by atoms with Crippen molar-refractivity contribution < 1.29 is 9.53 Å². The average Bonchev–Trinajstić information content (AvgIpc) is 1.98. The van der Waals surface area contributed by atoms with Gasteiger partial charge in [0.25, 0.3) is 0 Å². The largest absolute Gasteiger partial charge is 0.461 e. The van der Waals surface area contributed by atoms with Gasteiger partial charge < -0.3 is 4.74 Å². The molecule has 0 radical (unpaired) electrons. The maximum Gasteiger partial charge on any atom is 0.308 e. The third-order valence-corrected chi connectivity index (χ3v) is 1.40. The van der Waals surface area contributed by atoms with Gasteiger partial charge in [-0.3, -0.25) is 4.79 Å². The highest BCUT2D eigenvalue weighted by Gasteiger charge is 2.10. The van der Waals surface area contributed by atoms with Gasteiger partial charge in [0.2, 0.25) is 0 Å². The Morgan fingerprint density at radius 3 is 2.70 bits per heavy atom. The molecule has 10 heavy (non-hydrogen) atoms. The third-order valence-electron chi connectivity index (χ3n) is 1.40. The summed E-state index contributed by atoms with van der Waals surface area (Å²) in [5, 5.41) is 0. The van der Waals surface area contributed by atoms with Crippen LogP contribution >= 0.6 is 0 Å². The van der Waals surface area contributed by atoms with E-state index in [1.165, 1.54) is 0 Å². The summed E-state index contributed by atoms with van der Waals surface area (Å²) >= 11 is 0. The molecule has 0 aliphatic rings. The molecule has 0 aliphatic carbocycles. The standard InChI is InChI=1S/C8H15O2/c1-4-6-10-8(9)7(3)5-2/h7H,1,4-6H2,2-3H3/q+1. The summed E-state index contributed by atoms with van der Waals surface area (Å²) in [6.45, 7) is 7.85. The molecule has 1 unspecified atom stereocenters. The van der Waals surface area contributed by atoms with E-state index in [9.17, 15) is 4.79 Å². The number of hydrogen-bond donors (Lipinski definition) is 0. The Hall–Kier alpha value is -0.660. The second-order valence-corrected chi connectivity index (χ2v) is 2.33. The Balaban J connectivity index is 3.42. The fourth-order valence-electron chi connectivity index (χ4n) is 0.482. The first-order valence-electron chi connectivity index (χ1n) is 3.68. The van der Waals surface area contributed by atoms with E-state index >= 15 is 0 Å². The summed E-state index contributed by atoms with van der Waals surface area (Å²) in [5.74, 6) is -0.0716. The van der Waals surface area contributed by atoms with Gasteiger partial charge in [-0.05, 0) is 6.42 Å². The van der Waals surface area contributed by atoms with Crippen molar-refractivity contribution in [1.29, 1.82) is 0 Å². The summed E-state index contributed by atoms with van der Waals surface area (Å²) < 4.78 is 4.84. The number of hydrogen-bond acceptors (Lipinski definition) is 2. The van der Waals surface area contributed by atoms with Crippen LogP contribution in [-0.2, 0) is 9.53 Å². The minimum absolute atomic E-state index is 0.0338. The lowest BCUT2D eigenvalue weighted by molar-refractivity contribution is -0.147. The maximum atomic E-state index is 10.9. The van der Waals surface area contributed by atoms with E-state index in [0.717, 1.165) is 6.42 Å². The predicted octanol–water partition coefficient (Wildman–Crippen LogP) is 1.80. The second-order valence-electron chi connectivity index (χ2n) is 2.33. The molecule has 2 nitrogen and oxygen atoms in total. The van der Waals surface area contributed by atoms with E-state index in [0.29, 0.717) is 13.0 Å². The van der Waals surface area contributed by atoms with Crippen molar-refractivity contribution in [1.82, 2.24) is 0 Å². The zero-order chi connectivity index (χ0) is 7.98. The zero-order valence-corrected chi connectivity index (χ0v) is 6.72. The van der Waals surface area contributed by atoms with Crippen molar-refractivity contribution in [2.75, 3.05) is 6.61 Å². The number of ether oxygens (including phenoxy) is 1. The van der Waals surface area contributed by atoms with Crippen LogP contribution in [0.15, 0.2) is 0 Å². The molecular weight excluding hydrogens is 128 g/mol. The fourth-order valence-corrected chi connectivity index (χ4v) is 0.482. The average molecular weight is 143 g/mol. The highest BCUT2D eigenvalue weighted by atomic mass is 16.5. The van der Waals surface area contributed by atoms with Crippen molar-refractivity contribution in [2.24, 2.45) is 5.92 Å². The van der Waals surface area contributed by atoms with Crippen LogP contribution in [0.5, 0.6) is 0 Å². The van der Waals surface area contributed by atoms with E-state index in [4.69, 9.17) is 4.74 Å². The van der Waals surface area contributed by atoms with E-state index in [-0.39, 0.29) is 11.9 Å². The van der Waals surface area contributed by atoms with Crippen molar-refractivity contribution in [2.45, 2.75) is 26.7 Å². The molecule has 0 aliphatic heterocycles. The molecule has 0 fully saturated rings. The van der Waals surface area contributed by atoms with E-state index in [1.807, 2.05) is 13.8 Å².